The number of hydrogen-bond acceptors (Lipinski definition) is 8. The molecule has 0 aliphatic rings. The van der Waals surface area contributed by atoms with E-state index in [4.69, 9.17) is 21.1 Å². The van der Waals surface area contributed by atoms with Crippen molar-refractivity contribution < 1.29 is 23.5 Å². The van der Waals surface area contributed by atoms with Crippen LogP contribution in [0, 0.1) is 12.7 Å². The SMILES string of the molecule is C=CCn1c(SCC(=O)Nc2sc(C)cc2C(=O)OC)nnc1C(C)Oc1ccc(F)cc1Cl. The number of nitrogens with zero attached hydrogens (tertiary/aromatic N) is 3. The van der Waals surface area contributed by atoms with E-state index in [9.17, 15) is 14.0 Å². The van der Waals surface area contributed by atoms with E-state index in [1.165, 1.54) is 48.4 Å². The summed E-state index contributed by atoms with van der Waals surface area (Å²) in [5.74, 6) is -0.457. The van der Waals surface area contributed by atoms with E-state index in [0.29, 0.717) is 33.8 Å². The molecule has 0 spiro atoms. The van der Waals surface area contributed by atoms with Crippen molar-refractivity contribution in [2.24, 2.45) is 0 Å². The first-order valence-electron chi connectivity index (χ1n) is 10.0. The number of anilines is 1. The quantitative estimate of drug-likeness (QED) is 0.219. The number of halogens is 2. The van der Waals surface area contributed by atoms with E-state index < -0.39 is 17.9 Å². The van der Waals surface area contributed by atoms with E-state index in [0.717, 1.165) is 4.88 Å². The summed E-state index contributed by atoms with van der Waals surface area (Å²) in [5.41, 5.74) is 0.311. The van der Waals surface area contributed by atoms with Gasteiger partial charge in [-0.15, -0.1) is 28.1 Å². The van der Waals surface area contributed by atoms with Gasteiger partial charge in [-0.1, -0.05) is 29.4 Å². The lowest BCUT2D eigenvalue weighted by molar-refractivity contribution is -0.113. The van der Waals surface area contributed by atoms with Gasteiger partial charge in [-0.3, -0.25) is 9.36 Å². The molecule has 0 aliphatic carbocycles. The Morgan fingerprint density at radius 2 is 2.15 bits per heavy atom. The molecule has 1 aromatic carbocycles. The van der Waals surface area contributed by atoms with Gasteiger partial charge in [-0.2, -0.15) is 0 Å². The maximum Gasteiger partial charge on any atom is 0.340 e. The first-order chi connectivity index (χ1) is 16.2. The lowest BCUT2D eigenvalue weighted by Crippen LogP contribution is -2.16. The Hall–Kier alpha value is -2.89. The topological polar surface area (TPSA) is 95.3 Å². The molecule has 0 saturated heterocycles. The summed E-state index contributed by atoms with van der Waals surface area (Å²) in [6.07, 6.45) is 1.11. The van der Waals surface area contributed by atoms with E-state index >= 15 is 0 Å². The molecule has 12 heteroatoms. The number of hydrogen-bond donors (Lipinski definition) is 1. The number of benzene rings is 1. The lowest BCUT2D eigenvalue weighted by Gasteiger charge is -2.16. The maximum atomic E-state index is 13.3. The smallest absolute Gasteiger partial charge is 0.340 e. The Balaban J connectivity index is 1.70. The van der Waals surface area contributed by atoms with E-state index in [1.54, 1.807) is 23.6 Å². The van der Waals surface area contributed by atoms with Crippen molar-refractivity contribution in [3.63, 3.8) is 0 Å². The molecule has 0 aliphatic heterocycles. The van der Waals surface area contributed by atoms with Crippen molar-refractivity contribution in [3.05, 3.63) is 64.0 Å². The molecule has 2 aromatic heterocycles. The fraction of sp³-hybridized carbons (Fsp3) is 0.273. The molecule has 1 unspecified atom stereocenters. The maximum absolute atomic E-state index is 13.3. The van der Waals surface area contributed by atoms with Gasteiger partial charge in [-0.25, -0.2) is 9.18 Å². The number of nitrogens with one attached hydrogen (secondary N) is 1. The number of thioether (sulfide) groups is 1. The molecule has 34 heavy (non-hydrogen) atoms. The molecule has 1 N–H and O–H groups in total. The number of rotatable bonds is 10. The number of aromatic nitrogens is 3. The number of ether oxygens (including phenoxy) is 2. The van der Waals surface area contributed by atoms with Crippen molar-refractivity contribution >= 4 is 51.6 Å². The summed E-state index contributed by atoms with van der Waals surface area (Å²) in [7, 11) is 1.29. The van der Waals surface area contributed by atoms with Crippen molar-refractivity contribution in [2.45, 2.75) is 31.7 Å². The first kappa shape index (κ1) is 25.7. The fourth-order valence-electron chi connectivity index (χ4n) is 2.98. The Morgan fingerprint density at radius 3 is 2.82 bits per heavy atom. The number of aryl methyl sites for hydroxylation is 1. The zero-order valence-corrected chi connectivity index (χ0v) is 21.0. The zero-order valence-electron chi connectivity index (χ0n) is 18.6. The normalized spacial score (nSPS) is 11.7. The van der Waals surface area contributed by atoms with Crippen molar-refractivity contribution in [3.8, 4) is 5.75 Å². The fourth-order valence-corrected chi connectivity index (χ4v) is 4.87. The molecule has 0 radical (unpaired) electrons. The molecule has 1 amide bonds. The highest BCUT2D eigenvalue weighted by Gasteiger charge is 2.22. The largest absolute Gasteiger partial charge is 0.481 e. The van der Waals surface area contributed by atoms with Gasteiger partial charge in [0.05, 0.1) is 23.4 Å². The highest BCUT2D eigenvalue weighted by Crippen LogP contribution is 2.31. The summed E-state index contributed by atoms with van der Waals surface area (Å²) >= 11 is 8.53. The Bertz CT molecular complexity index is 1210. The van der Waals surface area contributed by atoms with Crippen LogP contribution in [0.3, 0.4) is 0 Å². The van der Waals surface area contributed by atoms with Crippen molar-refractivity contribution in [2.75, 3.05) is 18.2 Å². The minimum atomic E-state index is -0.560. The van der Waals surface area contributed by atoms with Gasteiger partial charge in [0.25, 0.3) is 0 Å². The van der Waals surface area contributed by atoms with Crippen molar-refractivity contribution in [1.29, 1.82) is 0 Å². The van der Waals surface area contributed by atoms with Crippen LogP contribution in [0.25, 0.3) is 0 Å². The number of allylic oxidation sites excluding steroid dienone is 1. The monoisotopic (exact) mass is 524 g/mol. The highest BCUT2D eigenvalue weighted by atomic mass is 35.5. The number of esters is 1. The Labute approximate surface area is 209 Å². The average molecular weight is 525 g/mol. The van der Waals surface area contributed by atoms with E-state index in [1.807, 2.05) is 6.92 Å². The van der Waals surface area contributed by atoms with Crippen LogP contribution in [0.15, 0.2) is 42.1 Å². The predicted molar refractivity (Wildman–Crippen MR) is 130 cm³/mol. The number of amides is 1. The first-order valence-corrected chi connectivity index (χ1v) is 12.2. The lowest BCUT2D eigenvalue weighted by atomic mass is 10.3. The van der Waals surface area contributed by atoms with Crippen molar-refractivity contribution in [1.82, 2.24) is 14.8 Å². The third kappa shape index (κ3) is 6.16. The van der Waals surface area contributed by atoms with Gasteiger partial charge < -0.3 is 14.8 Å². The summed E-state index contributed by atoms with van der Waals surface area (Å²) in [4.78, 5) is 25.3. The van der Waals surface area contributed by atoms with Crippen LogP contribution in [0.4, 0.5) is 9.39 Å². The second kappa shape index (κ2) is 11.5. The molecule has 3 rings (SSSR count). The standard InChI is InChI=1S/C22H22ClFN4O4S2/c1-5-8-28-19(13(3)32-17-7-6-14(24)10-16(17)23)26-27-22(28)33-11-18(29)25-20-15(21(30)31-4)9-12(2)34-20/h5-7,9-10,13H,1,8,11H2,2-4H3,(H,25,29). The van der Waals surface area contributed by atoms with Gasteiger partial charge in [-0.05, 0) is 38.1 Å². The minimum Gasteiger partial charge on any atom is -0.481 e. The van der Waals surface area contributed by atoms with Crippen LogP contribution in [-0.4, -0.2) is 39.5 Å². The van der Waals surface area contributed by atoms with Crippen LogP contribution in [-0.2, 0) is 16.1 Å². The molecule has 180 valence electrons. The zero-order chi connectivity index (χ0) is 24.8. The number of thiophene rings is 1. The van der Waals surface area contributed by atoms with Crippen LogP contribution in [0.2, 0.25) is 5.02 Å². The van der Waals surface area contributed by atoms with Gasteiger partial charge in [0.15, 0.2) is 17.1 Å². The molecule has 0 bridgehead atoms. The number of carbonyl (C=O) groups is 2. The van der Waals surface area contributed by atoms with Gasteiger partial charge >= 0.3 is 5.97 Å². The molecule has 8 nitrogen and oxygen atoms in total. The van der Waals surface area contributed by atoms with Gasteiger partial charge in [0, 0.05) is 11.4 Å². The summed E-state index contributed by atoms with van der Waals surface area (Å²) in [6, 6.07) is 5.53. The summed E-state index contributed by atoms with van der Waals surface area (Å²) in [6.45, 7) is 7.74. The summed E-state index contributed by atoms with van der Waals surface area (Å²) in [5, 5.41) is 12.2. The Kier molecular flexibility index (Phi) is 8.70. The summed E-state index contributed by atoms with van der Waals surface area (Å²) < 4.78 is 25.7. The number of carbonyl (C=O) groups excluding carboxylic acids is 2. The van der Waals surface area contributed by atoms with Crippen LogP contribution < -0.4 is 10.1 Å². The van der Waals surface area contributed by atoms with Crippen LogP contribution >= 0.6 is 34.7 Å². The second-order valence-electron chi connectivity index (χ2n) is 7.00. The molecular formula is C22H22ClFN4O4S2. The molecular weight excluding hydrogens is 503 g/mol. The van der Waals surface area contributed by atoms with Crippen LogP contribution in [0.5, 0.6) is 5.75 Å². The third-order valence-corrected chi connectivity index (χ3v) is 6.69. The predicted octanol–water partition coefficient (Wildman–Crippen LogP) is 5.28. The second-order valence-corrected chi connectivity index (χ2v) is 9.61. The van der Waals surface area contributed by atoms with Gasteiger partial charge in [0.2, 0.25) is 5.91 Å². The van der Waals surface area contributed by atoms with Crippen LogP contribution in [0.1, 0.15) is 34.1 Å². The Morgan fingerprint density at radius 1 is 1.38 bits per heavy atom. The van der Waals surface area contributed by atoms with E-state index in [2.05, 4.69) is 22.1 Å². The molecule has 1 atom stereocenters. The molecule has 0 fully saturated rings. The molecule has 2 heterocycles. The average Bonchev–Trinajstić information content (AvgIpc) is 3.36. The third-order valence-electron chi connectivity index (χ3n) is 4.46. The number of methoxy groups -OCH3 is 1. The molecule has 0 saturated carbocycles. The highest BCUT2D eigenvalue weighted by molar-refractivity contribution is 7.99. The minimum absolute atomic E-state index is 0.0336. The van der Waals surface area contributed by atoms with Gasteiger partial charge in [0.1, 0.15) is 16.6 Å². The van der Waals surface area contributed by atoms with E-state index in [-0.39, 0.29) is 16.7 Å². The molecule has 3 aromatic rings.